The van der Waals surface area contributed by atoms with Gasteiger partial charge in [0.15, 0.2) is 0 Å². The summed E-state index contributed by atoms with van der Waals surface area (Å²) >= 11 is 0. The molecule has 5 heteroatoms. The SMILES string of the molecule is CC1CCC(O)CC1N(C)CCS(C)(=O)=O. The van der Waals surface area contributed by atoms with Gasteiger partial charge in [-0.15, -0.1) is 0 Å². The van der Waals surface area contributed by atoms with Crippen molar-refractivity contribution in [3.05, 3.63) is 0 Å². The summed E-state index contributed by atoms with van der Waals surface area (Å²) in [5.41, 5.74) is 0. The Morgan fingerprint density at radius 3 is 2.56 bits per heavy atom. The lowest BCUT2D eigenvalue weighted by molar-refractivity contribution is 0.0458. The lowest BCUT2D eigenvalue weighted by atomic mass is 9.83. The second-order valence-corrected chi connectivity index (χ2v) is 7.38. The van der Waals surface area contributed by atoms with Gasteiger partial charge in [-0.05, 0) is 32.2 Å². The lowest BCUT2D eigenvalue weighted by Crippen LogP contribution is -2.44. The van der Waals surface area contributed by atoms with Crippen LogP contribution < -0.4 is 0 Å². The number of rotatable bonds is 4. The second-order valence-electron chi connectivity index (χ2n) is 5.12. The minimum Gasteiger partial charge on any atom is -0.393 e. The van der Waals surface area contributed by atoms with Gasteiger partial charge in [0.05, 0.1) is 11.9 Å². The number of hydrogen-bond donors (Lipinski definition) is 1. The standard InChI is InChI=1S/C11H23NO3S/c1-9-4-5-10(13)8-11(9)12(2)6-7-16(3,14)15/h9-11,13H,4-8H2,1-3H3. The third-order valence-electron chi connectivity index (χ3n) is 3.51. The molecular formula is C11H23NO3S. The van der Waals surface area contributed by atoms with E-state index in [-0.39, 0.29) is 11.9 Å². The molecule has 0 heterocycles. The van der Waals surface area contributed by atoms with Crippen molar-refractivity contribution >= 4 is 9.84 Å². The van der Waals surface area contributed by atoms with Crippen molar-refractivity contribution in [2.75, 3.05) is 25.6 Å². The highest BCUT2D eigenvalue weighted by atomic mass is 32.2. The zero-order valence-corrected chi connectivity index (χ0v) is 11.2. The minimum absolute atomic E-state index is 0.197. The van der Waals surface area contributed by atoms with Crippen molar-refractivity contribution < 1.29 is 13.5 Å². The van der Waals surface area contributed by atoms with Crippen LogP contribution in [0.3, 0.4) is 0 Å². The Morgan fingerprint density at radius 1 is 1.38 bits per heavy atom. The van der Waals surface area contributed by atoms with Gasteiger partial charge in [0.1, 0.15) is 9.84 Å². The molecule has 1 saturated carbocycles. The Kier molecular flexibility index (Phi) is 4.76. The Hall–Kier alpha value is -0.130. The largest absolute Gasteiger partial charge is 0.393 e. The second kappa shape index (κ2) is 5.47. The maximum Gasteiger partial charge on any atom is 0.148 e. The van der Waals surface area contributed by atoms with Gasteiger partial charge >= 0.3 is 0 Å². The quantitative estimate of drug-likeness (QED) is 0.789. The molecule has 3 atom stereocenters. The van der Waals surface area contributed by atoms with Gasteiger partial charge in [0.25, 0.3) is 0 Å². The van der Waals surface area contributed by atoms with Crippen molar-refractivity contribution in [3.63, 3.8) is 0 Å². The zero-order valence-electron chi connectivity index (χ0n) is 10.4. The third-order valence-corrected chi connectivity index (χ3v) is 4.43. The van der Waals surface area contributed by atoms with Crippen molar-refractivity contribution in [3.8, 4) is 0 Å². The Labute approximate surface area is 98.6 Å². The molecule has 0 amide bonds. The summed E-state index contributed by atoms with van der Waals surface area (Å²) in [5, 5.41) is 9.63. The first-order valence-electron chi connectivity index (χ1n) is 5.85. The van der Waals surface area contributed by atoms with Crippen LogP contribution >= 0.6 is 0 Å². The van der Waals surface area contributed by atoms with Crippen LogP contribution in [0.15, 0.2) is 0 Å². The zero-order chi connectivity index (χ0) is 12.3. The first kappa shape index (κ1) is 13.9. The molecule has 1 aliphatic rings. The van der Waals surface area contributed by atoms with Crippen LogP contribution in [0.25, 0.3) is 0 Å². The van der Waals surface area contributed by atoms with Gasteiger partial charge in [-0.25, -0.2) is 8.42 Å². The van der Waals surface area contributed by atoms with E-state index in [0.29, 0.717) is 18.5 Å². The molecule has 3 unspecified atom stereocenters. The van der Waals surface area contributed by atoms with Crippen LogP contribution in [0.1, 0.15) is 26.2 Å². The lowest BCUT2D eigenvalue weighted by Gasteiger charge is -2.38. The van der Waals surface area contributed by atoms with E-state index in [1.165, 1.54) is 6.26 Å². The highest BCUT2D eigenvalue weighted by Crippen LogP contribution is 2.27. The summed E-state index contributed by atoms with van der Waals surface area (Å²) in [6, 6.07) is 0.311. The first-order chi connectivity index (χ1) is 7.29. The Balaban J connectivity index is 2.48. The predicted octanol–water partition coefficient (Wildman–Crippen LogP) is 0.512. The highest BCUT2D eigenvalue weighted by Gasteiger charge is 2.29. The van der Waals surface area contributed by atoms with Gasteiger partial charge in [-0.2, -0.15) is 0 Å². The number of hydrogen-bond acceptors (Lipinski definition) is 4. The van der Waals surface area contributed by atoms with E-state index < -0.39 is 9.84 Å². The normalized spacial score (nSPS) is 31.9. The molecule has 0 radical (unpaired) electrons. The average Bonchev–Trinajstić information content (AvgIpc) is 2.17. The highest BCUT2D eigenvalue weighted by molar-refractivity contribution is 7.90. The number of sulfone groups is 1. The van der Waals surface area contributed by atoms with Crippen molar-refractivity contribution in [1.29, 1.82) is 0 Å². The van der Waals surface area contributed by atoms with Gasteiger partial charge in [0.2, 0.25) is 0 Å². The van der Waals surface area contributed by atoms with Gasteiger partial charge in [-0.3, -0.25) is 0 Å². The summed E-state index contributed by atoms with van der Waals surface area (Å²) in [4.78, 5) is 2.08. The fourth-order valence-electron chi connectivity index (χ4n) is 2.37. The molecule has 1 rings (SSSR count). The molecule has 0 aromatic heterocycles. The van der Waals surface area contributed by atoms with Crippen molar-refractivity contribution in [2.45, 2.75) is 38.3 Å². The smallest absolute Gasteiger partial charge is 0.148 e. The monoisotopic (exact) mass is 249 g/mol. The molecule has 4 nitrogen and oxygen atoms in total. The van der Waals surface area contributed by atoms with Crippen molar-refractivity contribution in [1.82, 2.24) is 4.90 Å². The van der Waals surface area contributed by atoms with Gasteiger partial charge in [0, 0.05) is 18.8 Å². The number of nitrogens with zero attached hydrogens (tertiary/aromatic N) is 1. The van der Waals surface area contributed by atoms with Crippen LogP contribution in [0.2, 0.25) is 0 Å². The molecule has 0 saturated heterocycles. The summed E-state index contributed by atoms with van der Waals surface area (Å²) in [6.07, 6.45) is 3.70. The maximum absolute atomic E-state index is 11.1. The van der Waals surface area contributed by atoms with Crippen LogP contribution in [-0.2, 0) is 9.84 Å². The first-order valence-corrected chi connectivity index (χ1v) is 7.91. The molecule has 1 fully saturated rings. The molecule has 1 N–H and O–H groups in total. The van der Waals surface area contributed by atoms with E-state index in [1.807, 2.05) is 7.05 Å². The maximum atomic E-state index is 11.1. The van der Waals surface area contributed by atoms with Crippen molar-refractivity contribution in [2.24, 2.45) is 5.92 Å². The van der Waals surface area contributed by atoms with E-state index in [4.69, 9.17) is 0 Å². The molecule has 0 spiro atoms. The molecule has 16 heavy (non-hydrogen) atoms. The molecule has 0 aromatic rings. The number of aliphatic hydroxyl groups is 1. The van der Waals surface area contributed by atoms with Gasteiger partial charge in [-0.1, -0.05) is 6.92 Å². The van der Waals surface area contributed by atoms with E-state index >= 15 is 0 Å². The fraction of sp³-hybridized carbons (Fsp3) is 1.00. The Bertz CT molecular complexity index is 315. The number of aliphatic hydroxyl groups excluding tert-OH is 1. The molecule has 1 aliphatic carbocycles. The Morgan fingerprint density at radius 2 is 2.00 bits per heavy atom. The third kappa shape index (κ3) is 4.39. The summed E-state index contributed by atoms with van der Waals surface area (Å²) < 4.78 is 22.2. The van der Waals surface area contributed by atoms with Crippen LogP contribution in [0, 0.1) is 5.92 Å². The van der Waals surface area contributed by atoms with E-state index in [0.717, 1.165) is 19.3 Å². The summed E-state index contributed by atoms with van der Waals surface area (Å²) in [5.74, 6) is 0.732. The van der Waals surface area contributed by atoms with E-state index in [2.05, 4.69) is 11.8 Å². The van der Waals surface area contributed by atoms with Crippen LogP contribution in [0.5, 0.6) is 0 Å². The summed E-state index contributed by atoms with van der Waals surface area (Å²) in [7, 11) is -0.944. The predicted molar refractivity (Wildman–Crippen MR) is 65.2 cm³/mol. The minimum atomic E-state index is -2.89. The van der Waals surface area contributed by atoms with Crippen LogP contribution in [0.4, 0.5) is 0 Å². The topological polar surface area (TPSA) is 57.6 Å². The van der Waals surface area contributed by atoms with E-state index in [9.17, 15) is 13.5 Å². The van der Waals surface area contributed by atoms with Crippen LogP contribution in [-0.4, -0.2) is 56.2 Å². The van der Waals surface area contributed by atoms with Gasteiger partial charge < -0.3 is 10.0 Å². The molecule has 0 aromatic carbocycles. The summed E-state index contributed by atoms with van der Waals surface area (Å²) in [6.45, 7) is 2.73. The fourth-order valence-corrected chi connectivity index (χ4v) is 2.99. The molecule has 0 aliphatic heterocycles. The molecule has 0 bridgehead atoms. The molecular weight excluding hydrogens is 226 g/mol. The van der Waals surface area contributed by atoms with E-state index in [1.54, 1.807) is 0 Å². The molecule has 96 valence electrons. The average molecular weight is 249 g/mol.